The number of amides is 3. The van der Waals surface area contributed by atoms with Gasteiger partial charge in [0.2, 0.25) is 17.7 Å². The van der Waals surface area contributed by atoms with E-state index in [2.05, 4.69) is 38.2 Å². The standard InChI is InChI=1S/C29H36N8O3/c1-19(23(17-31-18-24-33-35-36-34-24)32-25(38)15-20-7-3-2-4-8-20)13-14-29(28(30)40)16-22-11-5-9-21-10-6-12-26(39)37(29)27(21)22/h2-5,7-9,11,19,23,31H,6,10,12-18H2,1H3,(H2,30,40)(H,32,38)(H,33,34,35,36)/t19-,23+,29?/m0/s1. The van der Waals surface area contributed by atoms with E-state index in [1.54, 1.807) is 4.90 Å². The van der Waals surface area contributed by atoms with Crippen molar-refractivity contribution in [2.45, 2.75) is 70.0 Å². The minimum Gasteiger partial charge on any atom is -0.368 e. The molecule has 5 rings (SSSR count). The quantitative estimate of drug-likeness (QED) is 0.269. The monoisotopic (exact) mass is 544 g/mol. The summed E-state index contributed by atoms with van der Waals surface area (Å²) in [6, 6.07) is 15.4. The SMILES string of the molecule is C[C@@H](CCC1(C(N)=O)Cc2cccc3c2N1C(=O)CCC3)[C@@H](CNCc1nn[nH]n1)NC(=O)Cc1ccccc1. The van der Waals surface area contributed by atoms with Gasteiger partial charge >= 0.3 is 0 Å². The highest BCUT2D eigenvalue weighted by Crippen LogP contribution is 2.46. The molecule has 0 saturated carbocycles. The van der Waals surface area contributed by atoms with Gasteiger partial charge in [0, 0.05) is 25.4 Å². The number of primary amides is 1. The molecule has 2 aliphatic heterocycles. The van der Waals surface area contributed by atoms with Crippen molar-refractivity contribution in [3.05, 3.63) is 71.0 Å². The van der Waals surface area contributed by atoms with E-state index >= 15 is 0 Å². The third-order valence-corrected chi connectivity index (χ3v) is 8.17. The molecule has 11 heteroatoms. The molecule has 0 radical (unpaired) electrons. The number of nitrogens with two attached hydrogens (primary N) is 1. The molecule has 5 N–H and O–H groups in total. The first-order valence-electron chi connectivity index (χ1n) is 13.9. The summed E-state index contributed by atoms with van der Waals surface area (Å²) in [6.07, 6.45) is 3.59. The number of anilines is 1. The Hall–Kier alpha value is -4.12. The summed E-state index contributed by atoms with van der Waals surface area (Å²) in [7, 11) is 0. The summed E-state index contributed by atoms with van der Waals surface area (Å²) in [6.45, 7) is 2.91. The van der Waals surface area contributed by atoms with Gasteiger partial charge in [-0.05, 0) is 48.3 Å². The molecule has 40 heavy (non-hydrogen) atoms. The molecule has 3 atom stereocenters. The number of rotatable bonds is 12. The van der Waals surface area contributed by atoms with Gasteiger partial charge in [-0.2, -0.15) is 5.21 Å². The van der Waals surface area contributed by atoms with E-state index < -0.39 is 11.4 Å². The van der Waals surface area contributed by atoms with E-state index in [0.717, 1.165) is 35.2 Å². The number of aromatic nitrogens is 4. The highest BCUT2D eigenvalue weighted by atomic mass is 16.2. The van der Waals surface area contributed by atoms with Gasteiger partial charge in [0.1, 0.15) is 5.54 Å². The van der Waals surface area contributed by atoms with Gasteiger partial charge in [0.05, 0.1) is 18.7 Å². The summed E-state index contributed by atoms with van der Waals surface area (Å²) in [5.41, 5.74) is 8.85. The highest BCUT2D eigenvalue weighted by Gasteiger charge is 2.52. The van der Waals surface area contributed by atoms with Crippen molar-refractivity contribution in [3.63, 3.8) is 0 Å². The van der Waals surface area contributed by atoms with Crippen molar-refractivity contribution in [1.29, 1.82) is 0 Å². The molecule has 0 aliphatic carbocycles. The van der Waals surface area contributed by atoms with Crippen molar-refractivity contribution in [2.24, 2.45) is 11.7 Å². The number of aromatic amines is 1. The maximum absolute atomic E-state index is 13.3. The Morgan fingerprint density at radius 1 is 1.12 bits per heavy atom. The lowest BCUT2D eigenvalue weighted by molar-refractivity contribution is -0.128. The highest BCUT2D eigenvalue weighted by molar-refractivity contribution is 6.07. The second kappa shape index (κ2) is 12.0. The van der Waals surface area contributed by atoms with Crippen molar-refractivity contribution in [1.82, 2.24) is 31.3 Å². The lowest BCUT2D eigenvalue weighted by Gasteiger charge is -2.37. The summed E-state index contributed by atoms with van der Waals surface area (Å²) in [4.78, 5) is 41.2. The molecular weight excluding hydrogens is 508 g/mol. The van der Waals surface area contributed by atoms with E-state index in [0.29, 0.717) is 44.6 Å². The van der Waals surface area contributed by atoms with Gasteiger partial charge in [0.15, 0.2) is 5.82 Å². The lowest BCUT2D eigenvalue weighted by atomic mass is 9.83. The van der Waals surface area contributed by atoms with Crippen LogP contribution >= 0.6 is 0 Å². The van der Waals surface area contributed by atoms with Crippen molar-refractivity contribution < 1.29 is 14.4 Å². The summed E-state index contributed by atoms with van der Waals surface area (Å²) >= 11 is 0. The van der Waals surface area contributed by atoms with Gasteiger partial charge in [0.25, 0.3) is 0 Å². The third kappa shape index (κ3) is 5.74. The predicted octanol–water partition coefficient (Wildman–Crippen LogP) is 1.58. The van der Waals surface area contributed by atoms with E-state index in [-0.39, 0.29) is 30.2 Å². The number of benzene rings is 2. The van der Waals surface area contributed by atoms with Gasteiger partial charge in [-0.25, -0.2) is 0 Å². The van der Waals surface area contributed by atoms with E-state index in [1.165, 1.54) is 0 Å². The van der Waals surface area contributed by atoms with Gasteiger partial charge < -0.3 is 16.4 Å². The van der Waals surface area contributed by atoms with Crippen LogP contribution in [0.2, 0.25) is 0 Å². The molecule has 210 valence electrons. The number of hydrogen-bond donors (Lipinski definition) is 4. The topological polar surface area (TPSA) is 159 Å². The molecule has 1 aromatic heterocycles. The second-order valence-corrected chi connectivity index (χ2v) is 10.9. The number of H-pyrrole nitrogens is 1. The van der Waals surface area contributed by atoms with E-state index in [1.807, 2.05) is 48.5 Å². The number of carbonyl (C=O) groups excluding carboxylic acids is 3. The van der Waals surface area contributed by atoms with Gasteiger partial charge in [-0.1, -0.05) is 60.7 Å². The molecule has 0 saturated heterocycles. The molecule has 2 aliphatic rings. The maximum Gasteiger partial charge on any atom is 0.244 e. The maximum atomic E-state index is 13.3. The Kier molecular flexibility index (Phi) is 8.20. The van der Waals surface area contributed by atoms with Crippen LogP contribution < -0.4 is 21.3 Å². The smallest absolute Gasteiger partial charge is 0.244 e. The molecule has 1 unspecified atom stereocenters. The van der Waals surface area contributed by atoms with Gasteiger partial charge in [-0.15, -0.1) is 10.2 Å². The second-order valence-electron chi connectivity index (χ2n) is 10.9. The minimum absolute atomic E-state index is 0.0287. The Morgan fingerprint density at radius 2 is 1.93 bits per heavy atom. The Morgan fingerprint density at radius 3 is 2.67 bits per heavy atom. The number of carbonyl (C=O) groups is 3. The molecule has 3 heterocycles. The molecule has 0 spiro atoms. The number of para-hydroxylation sites is 1. The normalized spacial score (nSPS) is 19.5. The van der Waals surface area contributed by atoms with E-state index in [9.17, 15) is 14.4 Å². The lowest BCUT2D eigenvalue weighted by Crippen LogP contribution is -2.59. The average Bonchev–Trinajstić information content (AvgIpc) is 3.54. The fraction of sp³-hybridized carbons (Fsp3) is 0.448. The number of tetrazole rings is 1. The third-order valence-electron chi connectivity index (χ3n) is 8.17. The fourth-order valence-electron chi connectivity index (χ4n) is 6.01. The first kappa shape index (κ1) is 27.4. The van der Waals surface area contributed by atoms with Crippen LogP contribution in [-0.4, -0.2) is 56.5 Å². The number of nitrogens with one attached hydrogen (secondary N) is 3. The van der Waals surface area contributed by atoms with Crippen molar-refractivity contribution in [3.8, 4) is 0 Å². The number of hydrogen-bond acceptors (Lipinski definition) is 7. The summed E-state index contributed by atoms with van der Waals surface area (Å²) < 4.78 is 0. The molecular formula is C29H36N8O3. The fourth-order valence-corrected chi connectivity index (χ4v) is 6.01. The van der Waals surface area contributed by atoms with Crippen molar-refractivity contribution >= 4 is 23.4 Å². The zero-order valence-corrected chi connectivity index (χ0v) is 22.7. The van der Waals surface area contributed by atoms with Crippen LogP contribution in [0.3, 0.4) is 0 Å². The molecule has 3 amide bonds. The number of aryl methyl sites for hydroxylation is 1. The minimum atomic E-state index is -1.12. The Balaban J connectivity index is 1.32. The number of nitrogens with zero attached hydrogens (tertiary/aromatic N) is 4. The van der Waals surface area contributed by atoms with Crippen LogP contribution in [0.4, 0.5) is 5.69 Å². The van der Waals surface area contributed by atoms with Crippen LogP contribution in [0.25, 0.3) is 0 Å². The average molecular weight is 545 g/mol. The molecule has 0 fully saturated rings. The predicted molar refractivity (Wildman–Crippen MR) is 149 cm³/mol. The first-order chi connectivity index (χ1) is 19.4. The van der Waals surface area contributed by atoms with Crippen LogP contribution in [0.15, 0.2) is 48.5 Å². The Bertz CT molecular complexity index is 1350. The molecule has 0 bridgehead atoms. The van der Waals surface area contributed by atoms with E-state index in [4.69, 9.17) is 5.73 Å². The molecule has 2 aromatic carbocycles. The largest absolute Gasteiger partial charge is 0.368 e. The van der Waals surface area contributed by atoms with Crippen LogP contribution in [0.1, 0.15) is 55.1 Å². The summed E-state index contributed by atoms with van der Waals surface area (Å²) in [5, 5.41) is 20.4. The van der Waals surface area contributed by atoms with Gasteiger partial charge in [-0.3, -0.25) is 19.3 Å². The zero-order chi connectivity index (χ0) is 28.1. The molecule has 11 nitrogen and oxygen atoms in total. The van der Waals surface area contributed by atoms with Crippen LogP contribution in [0.5, 0.6) is 0 Å². The summed E-state index contributed by atoms with van der Waals surface area (Å²) in [5.74, 6) is -0.135. The zero-order valence-electron chi connectivity index (χ0n) is 22.7. The first-order valence-corrected chi connectivity index (χ1v) is 13.9. The molecule has 3 aromatic rings. The van der Waals surface area contributed by atoms with Crippen LogP contribution in [-0.2, 0) is 40.2 Å². The van der Waals surface area contributed by atoms with Crippen LogP contribution in [0, 0.1) is 5.92 Å². The Labute approximate surface area is 233 Å². The van der Waals surface area contributed by atoms with Crippen molar-refractivity contribution in [2.75, 3.05) is 11.4 Å².